The van der Waals surface area contributed by atoms with Crippen molar-refractivity contribution in [2.24, 2.45) is 0 Å². The first kappa shape index (κ1) is 17.4. The maximum atomic E-state index is 9.16. The molecule has 0 bridgehead atoms. The van der Waals surface area contributed by atoms with E-state index in [-0.39, 0.29) is 5.57 Å². The molecule has 0 N–H and O–H groups in total. The van der Waals surface area contributed by atoms with Gasteiger partial charge < -0.3 is 4.90 Å². The van der Waals surface area contributed by atoms with Crippen LogP contribution in [-0.4, -0.2) is 19.1 Å². The fourth-order valence-electron chi connectivity index (χ4n) is 2.48. The highest BCUT2D eigenvalue weighted by atomic mass is 32.1. The zero-order valence-corrected chi connectivity index (χ0v) is 15.3. The summed E-state index contributed by atoms with van der Waals surface area (Å²) < 4.78 is 1.37. The molecule has 26 heavy (non-hydrogen) atoms. The number of aromatic nitrogens is 1. The minimum Gasteiger partial charge on any atom is -0.378 e. The summed E-state index contributed by atoms with van der Waals surface area (Å²) in [5.74, 6) is 0. The van der Waals surface area contributed by atoms with Gasteiger partial charge in [0.05, 0.1) is 10.2 Å². The number of hydrogen-bond acceptors (Lipinski definition) is 5. The van der Waals surface area contributed by atoms with E-state index in [9.17, 15) is 0 Å². The Hall–Kier alpha value is -3.41. The maximum Gasteiger partial charge on any atom is 0.165 e. The molecule has 4 nitrogen and oxygen atoms in total. The van der Waals surface area contributed by atoms with Crippen molar-refractivity contribution in [1.82, 2.24) is 4.98 Å². The van der Waals surface area contributed by atoms with Crippen molar-refractivity contribution in [3.8, 4) is 23.4 Å². The first-order valence-corrected chi connectivity index (χ1v) is 8.80. The van der Waals surface area contributed by atoms with Crippen LogP contribution in [0.2, 0.25) is 0 Å². The van der Waals surface area contributed by atoms with Gasteiger partial charge in [-0.05, 0) is 23.8 Å². The lowest BCUT2D eigenvalue weighted by Crippen LogP contribution is -2.08. The van der Waals surface area contributed by atoms with E-state index in [0.29, 0.717) is 4.66 Å². The van der Waals surface area contributed by atoms with Gasteiger partial charge in [0.1, 0.15) is 16.8 Å². The van der Waals surface area contributed by atoms with E-state index >= 15 is 0 Å². The molecule has 0 saturated carbocycles. The Balaban J connectivity index is 2.21. The van der Waals surface area contributed by atoms with Gasteiger partial charge >= 0.3 is 0 Å². The maximum absolute atomic E-state index is 9.16. The topological polar surface area (TPSA) is 63.7 Å². The lowest BCUT2D eigenvalue weighted by atomic mass is 10.1. The molecule has 0 spiro atoms. The monoisotopic (exact) mass is 356 g/mol. The highest BCUT2D eigenvalue weighted by Crippen LogP contribution is 2.15. The van der Waals surface area contributed by atoms with Crippen LogP contribution in [0.5, 0.6) is 0 Å². The van der Waals surface area contributed by atoms with E-state index in [1.54, 1.807) is 0 Å². The number of thiazole rings is 1. The Morgan fingerprint density at radius 2 is 1.65 bits per heavy atom. The molecule has 3 aromatic rings. The largest absolute Gasteiger partial charge is 0.378 e. The van der Waals surface area contributed by atoms with Gasteiger partial charge in [-0.15, -0.1) is 11.3 Å². The third kappa shape index (κ3) is 3.64. The van der Waals surface area contributed by atoms with Crippen molar-refractivity contribution in [3.63, 3.8) is 0 Å². The van der Waals surface area contributed by atoms with Gasteiger partial charge in [-0.25, -0.2) is 4.98 Å². The van der Waals surface area contributed by atoms with Crippen LogP contribution < -0.4 is 14.1 Å². The van der Waals surface area contributed by atoms with Gasteiger partial charge in [-0.2, -0.15) is 10.5 Å². The lowest BCUT2D eigenvalue weighted by Gasteiger charge is -2.11. The highest BCUT2D eigenvalue weighted by Gasteiger charge is 2.08. The van der Waals surface area contributed by atoms with Crippen molar-refractivity contribution in [3.05, 3.63) is 69.4 Å². The summed E-state index contributed by atoms with van der Waals surface area (Å²) in [6.07, 6.45) is 2.04. The Kier molecular flexibility index (Phi) is 5.12. The molecule has 0 radical (unpaired) electrons. The van der Waals surface area contributed by atoms with E-state index in [1.165, 1.54) is 11.3 Å². The van der Waals surface area contributed by atoms with Crippen LogP contribution in [0, 0.1) is 22.7 Å². The van der Waals surface area contributed by atoms with Crippen molar-refractivity contribution in [2.75, 3.05) is 19.0 Å². The van der Waals surface area contributed by atoms with Crippen LogP contribution in [0.3, 0.4) is 0 Å². The zero-order valence-electron chi connectivity index (χ0n) is 14.5. The first-order valence-electron chi connectivity index (χ1n) is 7.98. The normalized spacial score (nSPS) is 10.8. The average molecular weight is 356 g/mol. The van der Waals surface area contributed by atoms with Gasteiger partial charge in [0, 0.05) is 25.3 Å². The lowest BCUT2D eigenvalue weighted by molar-refractivity contribution is 1.13. The molecule has 3 rings (SSSR count). The summed E-state index contributed by atoms with van der Waals surface area (Å²) in [5.41, 5.74) is 3.94. The summed E-state index contributed by atoms with van der Waals surface area (Å²) in [7, 11) is 4.01. The fraction of sp³-hybridized carbons (Fsp3) is 0.0952. The zero-order chi connectivity index (χ0) is 18.5. The predicted molar refractivity (Wildman–Crippen MR) is 106 cm³/mol. The summed E-state index contributed by atoms with van der Waals surface area (Å²) >= 11 is 1.36. The number of hydrogen-bond donors (Lipinski definition) is 0. The Morgan fingerprint density at radius 1 is 1.00 bits per heavy atom. The molecule has 126 valence electrons. The van der Waals surface area contributed by atoms with Crippen molar-refractivity contribution >= 4 is 28.7 Å². The second-order valence-electron chi connectivity index (χ2n) is 5.83. The Bertz CT molecular complexity index is 1100. The van der Waals surface area contributed by atoms with E-state index in [1.807, 2.05) is 79.7 Å². The minimum absolute atomic E-state index is 0.0368. The molecule has 0 fully saturated rings. The molecule has 0 aliphatic heterocycles. The number of anilines is 1. The van der Waals surface area contributed by atoms with E-state index in [0.717, 1.165) is 27.0 Å². The van der Waals surface area contributed by atoms with Gasteiger partial charge in [0.15, 0.2) is 5.57 Å². The molecular formula is C21H16N4S. The average Bonchev–Trinajstić information content (AvgIpc) is 3.07. The summed E-state index contributed by atoms with van der Waals surface area (Å²) in [6.45, 7) is 0. The molecule has 2 aromatic carbocycles. The smallest absolute Gasteiger partial charge is 0.165 e. The quantitative estimate of drug-likeness (QED) is 0.724. The van der Waals surface area contributed by atoms with Crippen LogP contribution in [0.25, 0.3) is 22.9 Å². The third-order valence-corrected chi connectivity index (χ3v) is 4.87. The number of benzene rings is 2. The second-order valence-corrected chi connectivity index (χ2v) is 6.86. The van der Waals surface area contributed by atoms with Crippen LogP contribution in [0.1, 0.15) is 5.56 Å². The molecule has 1 heterocycles. The van der Waals surface area contributed by atoms with Gasteiger partial charge in [-0.1, -0.05) is 42.5 Å². The van der Waals surface area contributed by atoms with Crippen molar-refractivity contribution in [1.29, 1.82) is 10.5 Å². The third-order valence-electron chi connectivity index (χ3n) is 3.85. The molecule has 0 atom stereocenters. The van der Waals surface area contributed by atoms with Gasteiger partial charge in [-0.3, -0.25) is 0 Å². The highest BCUT2D eigenvalue weighted by molar-refractivity contribution is 7.08. The van der Waals surface area contributed by atoms with Gasteiger partial charge in [0.25, 0.3) is 0 Å². The first-order chi connectivity index (χ1) is 12.6. The molecular weight excluding hydrogens is 340 g/mol. The molecule has 0 aliphatic rings. The number of nitrogens with zero attached hydrogens (tertiary/aromatic N) is 4. The molecule has 0 unspecified atom stereocenters. The summed E-state index contributed by atoms with van der Waals surface area (Å²) in [5, 5.41) is 18.3. The SMILES string of the molecule is CN(C)c1ccc(/C=c2/sc(=C(C#N)C#N)nc2-c2ccccc2)cc1. The van der Waals surface area contributed by atoms with Crippen LogP contribution >= 0.6 is 11.3 Å². The molecule has 0 aliphatic carbocycles. The summed E-state index contributed by atoms with van der Waals surface area (Å²) in [6, 6.07) is 21.8. The van der Waals surface area contributed by atoms with Crippen LogP contribution in [0.15, 0.2) is 54.6 Å². The van der Waals surface area contributed by atoms with E-state index in [2.05, 4.69) is 17.1 Å². The van der Waals surface area contributed by atoms with Crippen molar-refractivity contribution < 1.29 is 0 Å². The summed E-state index contributed by atoms with van der Waals surface area (Å²) in [4.78, 5) is 6.61. The number of nitriles is 2. The van der Waals surface area contributed by atoms with Crippen LogP contribution in [0.4, 0.5) is 5.69 Å². The molecule has 1 aromatic heterocycles. The predicted octanol–water partition coefficient (Wildman–Crippen LogP) is 2.90. The molecule has 0 saturated heterocycles. The van der Waals surface area contributed by atoms with Crippen molar-refractivity contribution in [2.45, 2.75) is 0 Å². The fourth-order valence-corrected chi connectivity index (χ4v) is 3.47. The Morgan fingerprint density at radius 3 is 2.23 bits per heavy atom. The molecule has 0 amide bonds. The number of rotatable bonds is 3. The van der Waals surface area contributed by atoms with Crippen LogP contribution in [-0.2, 0) is 0 Å². The molecule has 5 heteroatoms. The van der Waals surface area contributed by atoms with E-state index in [4.69, 9.17) is 10.5 Å². The van der Waals surface area contributed by atoms with E-state index < -0.39 is 0 Å². The Labute approximate surface area is 156 Å². The minimum atomic E-state index is 0.0368. The standard InChI is InChI=1S/C21H16N4S/c1-25(2)18-10-8-15(9-11-18)12-19-20(16-6-4-3-5-7-16)24-21(26-19)17(13-22)14-23/h3-12H,1-2H3/b19-12+. The van der Waals surface area contributed by atoms with Gasteiger partial charge in [0.2, 0.25) is 0 Å². The second kappa shape index (κ2) is 7.65.